The van der Waals surface area contributed by atoms with Crippen molar-refractivity contribution in [2.24, 2.45) is 0 Å². The first-order valence-electron chi connectivity index (χ1n) is 6.54. The highest BCUT2D eigenvalue weighted by molar-refractivity contribution is 7.90. The third-order valence-corrected chi connectivity index (χ3v) is 4.70. The molecule has 5 heteroatoms. The summed E-state index contributed by atoms with van der Waals surface area (Å²) in [4.78, 5) is 2.37. The Hall–Kier alpha value is -0.130. The number of nitrogens with zero attached hydrogens (tertiary/aromatic N) is 1. The highest BCUT2D eigenvalue weighted by atomic mass is 32.2. The van der Waals surface area contributed by atoms with Gasteiger partial charge in [0.25, 0.3) is 0 Å². The molecule has 3 atom stereocenters. The molecule has 0 aromatic heterocycles. The Morgan fingerprint density at radius 2 is 2.00 bits per heavy atom. The van der Waals surface area contributed by atoms with Gasteiger partial charge in [-0.05, 0) is 19.8 Å². The van der Waals surface area contributed by atoms with Gasteiger partial charge in [-0.25, -0.2) is 8.42 Å². The first kappa shape index (κ1) is 14.9. The molecule has 0 aromatic rings. The molecule has 0 radical (unpaired) electrons. The molecular weight excluding hydrogens is 236 g/mol. The molecule has 0 aromatic carbocycles. The lowest BCUT2D eigenvalue weighted by molar-refractivity contribution is 0.0941. The monoisotopic (exact) mass is 262 g/mol. The maximum absolute atomic E-state index is 11.4. The van der Waals surface area contributed by atoms with E-state index in [4.69, 9.17) is 0 Å². The van der Waals surface area contributed by atoms with Crippen LogP contribution in [0.3, 0.4) is 0 Å². The van der Waals surface area contributed by atoms with Gasteiger partial charge in [-0.2, -0.15) is 0 Å². The van der Waals surface area contributed by atoms with E-state index in [0.717, 1.165) is 25.9 Å². The Bertz CT molecular complexity index is 329. The van der Waals surface area contributed by atoms with Crippen molar-refractivity contribution in [3.8, 4) is 0 Å². The number of nitrogens with one attached hydrogen (secondary N) is 1. The van der Waals surface area contributed by atoms with Gasteiger partial charge >= 0.3 is 0 Å². The predicted octanol–water partition coefficient (Wildman–Crippen LogP) is 0.882. The smallest absolute Gasteiger partial charge is 0.148 e. The second kappa shape index (κ2) is 6.16. The second-order valence-electron chi connectivity index (χ2n) is 5.21. The Kier molecular flexibility index (Phi) is 5.41. The molecule has 0 amide bonds. The van der Waals surface area contributed by atoms with E-state index in [-0.39, 0.29) is 11.8 Å². The topological polar surface area (TPSA) is 49.4 Å². The summed E-state index contributed by atoms with van der Waals surface area (Å²) in [5.41, 5.74) is 0. The Balaban J connectivity index is 2.68. The molecular formula is C12H26N2O2S. The van der Waals surface area contributed by atoms with Crippen LogP contribution >= 0.6 is 0 Å². The molecule has 0 spiro atoms. The average molecular weight is 262 g/mol. The summed E-state index contributed by atoms with van der Waals surface area (Å²) < 4.78 is 22.8. The molecule has 0 bridgehead atoms. The quantitative estimate of drug-likeness (QED) is 0.799. The highest BCUT2D eigenvalue weighted by Gasteiger charge is 2.30. The SMILES string of the molecule is CCC1CN(C(C)CS(C)(=O)=O)C(CC)CN1. The molecule has 1 saturated heterocycles. The summed E-state index contributed by atoms with van der Waals surface area (Å²) in [6, 6.07) is 1.08. The van der Waals surface area contributed by atoms with Crippen molar-refractivity contribution in [1.82, 2.24) is 10.2 Å². The minimum Gasteiger partial charge on any atom is -0.311 e. The lowest BCUT2D eigenvalue weighted by Gasteiger charge is -2.43. The number of rotatable bonds is 5. The average Bonchev–Trinajstić information content (AvgIpc) is 2.25. The molecule has 4 nitrogen and oxygen atoms in total. The van der Waals surface area contributed by atoms with Crippen molar-refractivity contribution in [3.05, 3.63) is 0 Å². The van der Waals surface area contributed by atoms with E-state index in [9.17, 15) is 8.42 Å². The molecule has 1 N–H and O–H groups in total. The van der Waals surface area contributed by atoms with Crippen LogP contribution in [0.15, 0.2) is 0 Å². The van der Waals surface area contributed by atoms with E-state index in [1.54, 1.807) is 0 Å². The minimum absolute atomic E-state index is 0.117. The van der Waals surface area contributed by atoms with Gasteiger partial charge in [0.15, 0.2) is 0 Å². The first-order chi connectivity index (χ1) is 7.87. The number of piperazine rings is 1. The number of hydrogen-bond donors (Lipinski definition) is 1. The van der Waals surface area contributed by atoms with Gasteiger partial charge in [-0.15, -0.1) is 0 Å². The van der Waals surface area contributed by atoms with Crippen LogP contribution in [0, 0.1) is 0 Å². The molecule has 1 aliphatic rings. The zero-order valence-corrected chi connectivity index (χ0v) is 12.3. The maximum Gasteiger partial charge on any atom is 0.148 e. The summed E-state index contributed by atoms with van der Waals surface area (Å²) in [6.45, 7) is 8.30. The largest absolute Gasteiger partial charge is 0.311 e. The zero-order valence-electron chi connectivity index (χ0n) is 11.4. The summed E-state index contributed by atoms with van der Waals surface area (Å²) >= 11 is 0. The standard InChI is InChI=1S/C12H26N2O2S/c1-5-11-8-14(12(6-2)7-13-11)10(3)9-17(4,15)16/h10-13H,5-9H2,1-4H3. The molecule has 1 fully saturated rings. The second-order valence-corrected chi connectivity index (χ2v) is 7.40. The Morgan fingerprint density at radius 1 is 1.35 bits per heavy atom. The van der Waals surface area contributed by atoms with Gasteiger partial charge in [-0.3, -0.25) is 4.90 Å². The number of hydrogen-bond acceptors (Lipinski definition) is 4. The molecule has 0 saturated carbocycles. The fourth-order valence-electron chi connectivity index (χ4n) is 2.61. The summed E-state index contributed by atoms with van der Waals surface area (Å²) in [5.74, 6) is 0.264. The Morgan fingerprint density at radius 3 is 2.47 bits per heavy atom. The first-order valence-corrected chi connectivity index (χ1v) is 8.60. The highest BCUT2D eigenvalue weighted by Crippen LogP contribution is 2.16. The normalized spacial score (nSPS) is 29.2. The van der Waals surface area contributed by atoms with E-state index in [1.807, 2.05) is 6.92 Å². The molecule has 1 aliphatic heterocycles. The van der Waals surface area contributed by atoms with Crippen molar-refractivity contribution in [2.75, 3.05) is 25.1 Å². The summed E-state index contributed by atoms with van der Waals surface area (Å²) in [7, 11) is -2.89. The van der Waals surface area contributed by atoms with Crippen LogP contribution in [0.1, 0.15) is 33.6 Å². The van der Waals surface area contributed by atoms with Crippen molar-refractivity contribution < 1.29 is 8.42 Å². The van der Waals surface area contributed by atoms with E-state index in [0.29, 0.717) is 12.1 Å². The fourth-order valence-corrected chi connectivity index (χ4v) is 3.68. The van der Waals surface area contributed by atoms with Gasteiger partial charge in [-0.1, -0.05) is 13.8 Å². The fraction of sp³-hybridized carbons (Fsp3) is 1.00. The molecule has 1 rings (SSSR count). The third kappa shape index (κ3) is 4.56. The lowest BCUT2D eigenvalue weighted by atomic mass is 10.0. The third-order valence-electron chi connectivity index (χ3n) is 3.62. The molecule has 1 heterocycles. The van der Waals surface area contributed by atoms with Crippen LogP contribution in [-0.4, -0.2) is 56.5 Å². The number of sulfone groups is 1. The van der Waals surface area contributed by atoms with E-state index in [1.165, 1.54) is 6.26 Å². The van der Waals surface area contributed by atoms with Crippen LogP contribution in [0.25, 0.3) is 0 Å². The van der Waals surface area contributed by atoms with Crippen molar-refractivity contribution >= 4 is 9.84 Å². The van der Waals surface area contributed by atoms with Gasteiger partial charge in [0.2, 0.25) is 0 Å². The maximum atomic E-state index is 11.4. The van der Waals surface area contributed by atoms with Gasteiger partial charge < -0.3 is 5.32 Å². The van der Waals surface area contributed by atoms with Crippen LogP contribution in [0.2, 0.25) is 0 Å². The van der Waals surface area contributed by atoms with Crippen molar-refractivity contribution in [2.45, 2.75) is 51.7 Å². The summed E-state index contributed by atoms with van der Waals surface area (Å²) in [5, 5.41) is 3.53. The van der Waals surface area contributed by atoms with Crippen LogP contribution in [0.4, 0.5) is 0 Å². The lowest BCUT2D eigenvalue weighted by Crippen LogP contribution is -2.59. The molecule has 102 valence electrons. The van der Waals surface area contributed by atoms with E-state index in [2.05, 4.69) is 24.1 Å². The van der Waals surface area contributed by atoms with Crippen LogP contribution in [0.5, 0.6) is 0 Å². The van der Waals surface area contributed by atoms with Gasteiger partial charge in [0.1, 0.15) is 9.84 Å². The van der Waals surface area contributed by atoms with E-state index < -0.39 is 9.84 Å². The predicted molar refractivity (Wildman–Crippen MR) is 72.0 cm³/mol. The molecule has 17 heavy (non-hydrogen) atoms. The van der Waals surface area contributed by atoms with Gasteiger partial charge in [0, 0.05) is 37.5 Å². The van der Waals surface area contributed by atoms with Gasteiger partial charge in [0.05, 0.1) is 5.75 Å². The van der Waals surface area contributed by atoms with Crippen LogP contribution in [-0.2, 0) is 9.84 Å². The van der Waals surface area contributed by atoms with Crippen LogP contribution < -0.4 is 5.32 Å². The van der Waals surface area contributed by atoms with Crippen molar-refractivity contribution in [3.63, 3.8) is 0 Å². The minimum atomic E-state index is -2.89. The summed E-state index contributed by atoms with van der Waals surface area (Å²) in [6.07, 6.45) is 3.49. The zero-order chi connectivity index (χ0) is 13.1. The Labute approximate surface area is 106 Å². The molecule has 0 aliphatic carbocycles. The molecule has 3 unspecified atom stereocenters. The van der Waals surface area contributed by atoms with Crippen molar-refractivity contribution in [1.29, 1.82) is 0 Å². The van der Waals surface area contributed by atoms with E-state index >= 15 is 0 Å².